The van der Waals surface area contributed by atoms with Crippen LogP contribution in [0.5, 0.6) is 11.5 Å². The fourth-order valence-corrected chi connectivity index (χ4v) is 3.74. The molecular weight excluding hydrogens is 438 g/mol. The van der Waals surface area contributed by atoms with E-state index in [2.05, 4.69) is 6.92 Å². The molecule has 0 radical (unpaired) electrons. The molecule has 0 spiro atoms. The summed E-state index contributed by atoms with van der Waals surface area (Å²) < 4.78 is 11.1. The van der Waals surface area contributed by atoms with Gasteiger partial charge in [0.25, 0.3) is 5.91 Å². The molecule has 0 saturated carbocycles. The van der Waals surface area contributed by atoms with E-state index in [0.717, 1.165) is 46.8 Å². The molecule has 0 unspecified atom stereocenters. The van der Waals surface area contributed by atoms with E-state index in [-0.39, 0.29) is 5.91 Å². The Bertz CT molecular complexity index is 1210. The molecule has 6 nitrogen and oxygen atoms in total. The molecule has 0 bridgehead atoms. The minimum atomic E-state index is -0.176. The highest BCUT2D eigenvalue weighted by Crippen LogP contribution is 2.30. The lowest BCUT2D eigenvalue weighted by Gasteiger charge is -2.19. The number of aliphatic imine (C=N–C) groups is 1. The standard InChI is InChI=1S/C29H31N3O3/c1-5-6-19-35-26-15-9-22(10-16-26)28-30-27(20-21-7-11-23(12-8-21)31(2)3)29(33)32(28)24-13-17-25(34-4)18-14-24/h7-18,20H,5-6,19H2,1-4H3. The first-order valence-electron chi connectivity index (χ1n) is 11.8. The van der Waals surface area contributed by atoms with Crippen LogP contribution in [0.15, 0.2) is 83.5 Å². The first-order chi connectivity index (χ1) is 17.0. The minimum Gasteiger partial charge on any atom is -0.497 e. The van der Waals surface area contributed by atoms with Crippen molar-refractivity contribution in [2.45, 2.75) is 19.8 Å². The Labute approximate surface area is 207 Å². The van der Waals surface area contributed by atoms with Gasteiger partial charge in [-0.1, -0.05) is 25.5 Å². The third-order valence-corrected chi connectivity index (χ3v) is 5.78. The van der Waals surface area contributed by atoms with Gasteiger partial charge in [0, 0.05) is 25.3 Å². The number of hydrogen-bond donors (Lipinski definition) is 0. The molecule has 0 aromatic heterocycles. The van der Waals surface area contributed by atoms with Gasteiger partial charge in [-0.2, -0.15) is 0 Å². The van der Waals surface area contributed by atoms with Gasteiger partial charge in [0.05, 0.1) is 19.4 Å². The normalized spacial score (nSPS) is 14.3. The Hall–Kier alpha value is -4.06. The number of carbonyl (C=O) groups excluding carboxylic acids is 1. The molecule has 180 valence electrons. The summed E-state index contributed by atoms with van der Waals surface area (Å²) in [7, 11) is 5.62. The fraction of sp³-hybridized carbons (Fsp3) is 0.241. The third-order valence-electron chi connectivity index (χ3n) is 5.78. The number of benzene rings is 3. The Morgan fingerprint density at radius 2 is 1.57 bits per heavy atom. The van der Waals surface area contributed by atoms with E-state index < -0.39 is 0 Å². The van der Waals surface area contributed by atoms with E-state index in [1.165, 1.54) is 0 Å². The van der Waals surface area contributed by atoms with E-state index in [4.69, 9.17) is 14.5 Å². The Balaban J connectivity index is 1.69. The summed E-state index contributed by atoms with van der Waals surface area (Å²) in [4.78, 5) is 22.0. The number of carbonyl (C=O) groups is 1. The summed E-state index contributed by atoms with van der Waals surface area (Å²) in [5.41, 5.74) is 3.96. The Kier molecular flexibility index (Phi) is 7.51. The molecule has 1 amide bonds. The van der Waals surface area contributed by atoms with E-state index in [9.17, 15) is 4.79 Å². The highest BCUT2D eigenvalue weighted by atomic mass is 16.5. The monoisotopic (exact) mass is 469 g/mol. The van der Waals surface area contributed by atoms with Crippen molar-refractivity contribution < 1.29 is 14.3 Å². The SMILES string of the molecule is CCCCOc1ccc(C2=NC(=Cc3ccc(N(C)C)cc3)C(=O)N2c2ccc(OC)cc2)cc1. The molecule has 1 aliphatic rings. The van der Waals surface area contributed by atoms with Crippen LogP contribution in [-0.2, 0) is 4.79 Å². The summed E-state index contributed by atoms with van der Waals surface area (Å²) in [6, 6.07) is 23.2. The average Bonchev–Trinajstić information content (AvgIpc) is 3.20. The van der Waals surface area contributed by atoms with E-state index >= 15 is 0 Å². The quantitative estimate of drug-likeness (QED) is 0.295. The number of unbranched alkanes of at least 4 members (excludes halogenated alkanes) is 1. The number of methoxy groups -OCH3 is 1. The zero-order valence-electron chi connectivity index (χ0n) is 20.7. The molecule has 0 saturated heterocycles. The molecule has 4 rings (SSSR count). The average molecular weight is 470 g/mol. The maximum Gasteiger partial charge on any atom is 0.282 e. The fourth-order valence-electron chi connectivity index (χ4n) is 3.74. The van der Waals surface area contributed by atoms with Crippen LogP contribution in [0.3, 0.4) is 0 Å². The van der Waals surface area contributed by atoms with Crippen LogP contribution in [0.1, 0.15) is 30.9 Å². The maximum absolute atomic E-state index is 13.5. The zero-order chi connectivity index (χ0) is 24.8. The Morgan fingerprint density at radius 1 is 0.914 bits per heavy atom. The van der Waals surface area contributed by atoms with Gasteiger partial charge in [-0.05, 0) is 78.7 Å². The largest absolute Gasteiger partial charge is 0.497 e. The molecule has 35 heavy (non-hydrogen) atoms. The lowest BCUT2D eigenvalue weighted by Crippen LogP contribution is -2.32. The van der Waals surface area contributed by atoms with Gasteiger partial charge >= 0.3 is 0 Å². The third kappa shape index (κ3) is 5.54. The van der Waals surface area contributed by atoms with Gasteiger partial charge in [-0.3, -0.25) is 9.69 Å². The zero-order valence-corrected chi connectivity index (χ0v) is 20.7. The summed E-state index contributed by atoms with van der Waals surface area (Å²) in [6.45, 7) is 2.82. The van der Waals surface area contributed by atoms with Crippen LogP contribution in [0.25, 0.3) is 6.08 Å². The Morgan fingerprint density at radius 3 is 2.17 bits per heavy atom. The van der Waals surface area contributed by atoms with Crippen LogP contribution in [0.4, 0.5) is 11.4 Å². The van der Waals surface area contributed by atoms with Crippen molar-refractivity contribution in [3.63, 3.8) is 0 Å². The second-order valence-corrected chi connectivity index (χ2v) is 8.52. The number of anilines is 2. The van der Waals surface area contributed by atoms with Gasteiger partial charge < -0.3 is 14.4 Å². The van der Waals surface area contributed by atoms with Crippen molar-refractivity contribution >= 4 is 29.2 Å². The van der Waals surface area contributed by atoms with Crippen LogP contribution in [0, 0.1) is 0 Å². The summed E-state index contributed by atoms with van der Waals surface area (Å²) in [5, 5.41) is 0. The highest BCUT2D eigenvalue weighted by Gasteiger charge is 2.32. The lowest BCUT2D eigenvalue weighted by atomic mass is 10.1. The van der Waals surface area contributed by atoms with Gasteiger partial charge in [-0.15, -0.1) is 0 Å². The topological polar surface area (TPSA) is 54.4 Å². The molecule has 6 heteroatoms. The van der Waals surface area contributed by atoms with Crippen LogP contribution < -0.4 is 19.3 Å². The number of ether oxygens (including phenoxy) is 2. The predicted molar refractivity (Wildman–Crippen MR) is 143 cm³/mol. The van der Waals surface area contributed by atoms with E-state index in [1.807, 2.05) is 97.9 Å². The van der Waals surface area contributed by atoms with Crippen molar-refractivity contribution in [2.24, 2.45) is 4.99 Å². The first-order valence-corrected chi connectivity index (χ1v) is 11.8. The molecule has 0 fully saturated rings. The number of nitrogens with zero attached hydrogens (tertiary/aromatic N) is 3. The molecule has 3 aromatic rings. The molecule has 3 aromatic carbocycles. The van der Waals surface area contributed by atoms with Crippen molar-refractivity contribution in [3.05, 3.63) is 89.6 Å². The first kappa shape index (κ1) is 24.1. The van der Waals surface area contributed by atoms with E-state index in [0.29, 0.717) is 18.1 Å². The molecule has 0 aliphatic carbocycles. The number of hydrogen-bond acceptors (Lipinski definition) is 5. The molecule has 1 heterocycles. The number of amidine groups is 1. The van der Waals surface area contributed by atoms with Crippen molar-refractivity contribution in [2.75, 3.05) is 37.6 Å². The molecule has 0 N–H and O–H groups in total. The minimum absolute atomic E-state index is 0.176. The predicted octanol–water partition coefficient (Wildman–Crippen LogP) is 5.77. The maximum atomic E-state index is 13.5. The van der Waals surface area contributed by atoms with Crippen LogP contribution in [-0.4, -0.2) is 39.6 Å². The molecule has 1 aliphatic heterocycles. The number of rotatable bonds is 9. The highest BCUT2D eigenvalue weighted by molar-refractivity contribution is 6.33. The van der Waals surface area contributed by atoms with Gasteiger partial charge in [0.2, 0.25) is 0 Å². The molecule has 0 atom stereocenters. The van der Waals surface area contributed by atoms with Gasteiger partial charge in [0.1, 0.15) is 23.0 Å². The number of amides is 1. The smallest absolute Gasteiger partial charge is 0.282 e. The second kappa shape index (κ2) is 10.9. The van der Waals surface area contributed by atoms with Crippen LogP contribution >= 0.6 is 0 Å². The second-order valence-electron chi connectivity index (χ2n) is 8.52. The summed E-state index contributed by atoms with van der Waals surface area (Å²) >= 11 is 0. The van der Waals surface area contributed by atoms with Crippen molar-refractivity contribution in [1.82, 2.24) is 0 Å². The molecular formula is C29H31N3O3. The lowest BCUT2D eigenvalue weighted by molar-refractivity contribution is -0.113. The van der Waals surface area contributed by atoms with E-state index in [1.54, 1.807) is 12.0 Å². The van der Waals surface area contributed by atoms with Crippen LogP contribution in [0.2, 0.25) is 0 Å². The van der Waals surface area contributed by atoms with Gasteiger partial charge in [0.15, 0.2) is 0 Å². The van der Waals surface area contributed by atoms with Gasteiger partial charge in [-0.25, -0.2) is 4.99 Å². The summed E-state index contributed by atoms with van der Waals surface area (Å²) in [5.74, 6) is 1.94. The van der Waals surface area contributed by atoms with Crippen molar-refractivity contribution in [1.29, 1.82) is 0 Å². The van der Waals surface area contributed by atoms with Crippen molar-refractivity contribution in [3.8, 4) is 11.5 Å². The summed E-state index contributed by atoms with van der Waals surface area (Å²) in [6.07, 6.45) is 3.92.